The highest BCUT2D eigenvalue weighted by Crippen LogP contribution is 2.20. The van der Waals surface area contributed by atoms with Crippen molar-refractivity contribution < 1.29 is 8.42 Å². The van der Waals surface area contributed by atoms with Crippen LogP contribution in [0.3, 0.4) is 0 Å². The lowest BCUT2D eigenvalue weighted by atomic mass is 10.3. The van der Waals surface area contributed by atoms with Gasteiger partial charge in [-0.1, -0.05) is 12.8 Å². The van der Waals surface area contributed by atoms with E-state index in [1.807, 2.05) is 0 Å². The quantitative estimate of drug-likeness (QED) is 0.777. The summed E-state index contributed by atoms with van der Waals surface area (Å²) in [6, 6.07) is 0.209. The molecule has 1 aliphatic heterocycles. The molecule has 1 heterocycles. The Balaban J connectivity index is 0.00000112. The zero-order valence-corrected chi connectivity index (χ0v) is 10.4. The van der Waals surface area contributed by atoms with Crippen molar-refractivity contribution in [2.24, 2.45) is 0 Å². The van der Waals surface area contributed by atoms with Crippen molar-refractivity contribution in [2.75, 3.05) is 13.1 Å². The third kappa shape index (κ3) is 3.31. The van der Waals surface area contributed by atoms with Crippen molar-refractivity contribution in [2.45, 2.75) is 43.4 Å². The third-order valence-electron chi connectivity index (χ3n) is 3.14. The summed E-state index contributed by atoms with van der Waals surface area (Å²) in [6.45, 7) is 1.44. The second kappa shape index (κ2) is 5.48. The van der Waals surface area contributed by atoms with E-state index >= 15 is 0 Å². The van der Waals surface area contributed by atoms with E-state index in [9.17, 15) is 8.42 Å². The van der Waals surface area contributed by atoms with Gasteiger partial charge in [0.2, 0.25) is 10.0 Å². The molecule has 1 atom stereocenters. The summed E-state index contributed by atoms with van der Waals surface area (Å²) < 4.78 is 26.5. The first-order chi connectivity index (χ1) is 6.68. The maximum Gasteiger partial charge on any atom is 0.216 e. The molecule has 0 aromatic heterocycles. The molecule has 0 bridgehead atoms. The minimum atomic E-state index is -3.06. The molecule has 1 unspecified atom stereocenters. The van der Waals surface area contributed by atoms with Crippen LogP contribution < -0.4 is 10.0 Å². The van der Waals surface area contributed by atoms with Gasteiger partial charge in [-0.3, -0.25) is 0 Å². The molecular formula is C9H19ClN2O2S. The number of nitrogens with one attached hydrogen (secondary N) is 2. The van der Waals surface area contributed by atoms with Gasteiger partial charge in [-0.25, -0.2) is 13.1 Å². The molecule has 2 aliphatic rings. The predicted molar refractivity (Wildman–Crippen MR) is 62.8 cm³/mol. The van der Waals surface area contributed by atoms with Crippen LogP contribution in [0.2, 0.25) is 0 Å². The highest BCUT2D eigenvalue weighted by Gasteiger charge is 2.31. The summed E-state index contributed by atoms with van der Waals surface area (Å²) in [5.74, 6) is 0. The fourth-order valence-corrected chi connectivity index (χ4v) is 3.92. The monoisotopic (exact) mass is 254 g/mol. The molecule has 6 heteroatoms. The van der Waals surface area contributed by atoms with Gasteiger partial charge in [0.1, 0.15) is 0 Å². The van der Waals surface area contributed by atoms with Crippen LogP contribution in [0, 0.1) is 0 Å². The fourth-order valence-electron chi connectivity index (χ4n) is 2.27. The molecule has 1 aliphatic carbocycles. The first kappa shape index (κ1) is 13.2. The van der Waals surface area contributed by atoms with Crippen LogP contribution in [0.25, 0.3) is 0 Å². The summed E-state index contributed by atoms with van der Waals surface area (Å²) in [5.41, 5.74) is 0. The van der Waals surface area contributed by atoms with E-state index in [0.29, 0.717) is 6.54 Å². The van der Waals surface area contributed by atoms with Gasteiger partial charge >= 0.3 is 0 Å². The predicted octanol–water partition coefficient (Wildman–Crippen LogP) is 0.632. The highest BCUT2D eigenvalue weighted by atomic mass is 35.5. The van der Waals surface area contributed by atoms with E-state index in [1.54, 1.807) is 0 Å². The summed E-state index contributed by atoms with van der Waals surface area (Å²) >= 11 is 0. The largest absolute Gasteiger partial charge is 0.315 e. The lowest BCUT2D eigenvalue weighted by Crippen LogP contribution is -2.40. The molecule has 0 aromatic carbocycles. The van der Waals surface area contributed by atoms with Crippen molar-refractivity contribution in [3.05, 3.63) is 0 Å². The zero-order valence-electron chi connectivity index (χ0n) is 8.74. The van der Waals surface area contributed by atoms with E-state index in [2.05, 4.69) is 10.0 Å². The van der Waals surface area contributed by atoms with E-state index < -0.39 is 10.0 Å². The van der Waals surface area contributed by atoms with E-state index in [4.69, 9.17) is 0 Å². The van der Waals surface area contributed by atoms with Gasteiger partial charge in [-0.2, -0.15) is 0 Å². The first-order valence-corrected chi connectivity index (χ1v) is 6.95. The Morgan fingerprint density at radius 2 is 1.80 bits per heavy atom. The standard InChI is InChI=1S/C9H18N2O2S.ClH/c12-14(13,9-5-6-10-7-9)11-8-3-1-2-4-8;/h8-11H,1-7H2;1H. The Morgan fingerprint density at radius 3 is 2.33 bits per heavy atom. The molecule has 90 valence electrons. The second-order valence-corrected chi connectivity index (χ2v) is 6.25. The summed E-state index contributed by atoms with van der Waals surface area (Å²) in [5, 5.41) is 2.88. The average molecular weight is 255 g/mol. The smallest absolute Gasteiger partial charge is 0.216 e. The van der Waals surface area contributed by atoms with Gasteiger partial charge < -0.3 is 5.32 Å². The Hall–Kier alpha value is 0.160. The van der Waals surface area contributed by atoms with Crippen LogP contribution in [0.15, 0.2) is 0 Å². The molecule has 0 spiro atoms. The van der Waals surface area contributed by atoms with Gasteiger partial charge in [-0.05, 0) is 25.8 Å². The van der Waals surface area contributed by atoms with Gasteiger partial charge in [0.25, 0.3) is 0 Å². The van der Waals surface area contributed by atoms with Crippen molar-refractivity contribution in [3.8, 4) is 0 Å². The maximum absolute atomic E-state index is 11.8. The van der Waals surface area contributed by atoms with Crippen LogP contribution in [-0.4, -0.2) is 32.8 Å². The molecule has 4 nitrogen and oxygen atoms in total. The second-order valence-electron chi connectivity index (χ2n) is 4.26. The van der Waals surface area contributed by atoms with Gasteiger partial charge in [0, 0.05) is 12.6 Å². The summed E-state index contributed by atoms with van der Waals surface area (Å²) in [4.78, 5) is 0. The number of hydrogen-bond donors (Lipinski definition) is 2. The first-order valence-electron chi connectivity index (χ1n) is 5.40. The van der Waals surface area contributed by atoms with Gasteiger partial charge in [0.05, 0.1) is 5.25 Å². The fraction of sp³-hybridized carbons (Fsp3) is 1.00. The number of halogens is 1. The molecule has 1 saturated heterocycles. The van der Waals surface area contributed by atoms with E-state index in [-0.39, 0.29) is 23.7 Å². The molecule has 2 N–H and O–H groups in total. The molecule has 2 rings (SSSR count). The van der Waals surface area contributed by atoms with Crippen LogP contribution in [0.4, 0.5) is 0 Å². The topological polar surface area (TPSA) is 58.2 Å². The number of sulfonamides is 1. The minimum absolute atomic E-state index is 0. The Bertz CT molecular complexity index is 282. The molecule has 0 aromatic rings. The third-order valence-corrected chi connectivity index (χ3v) is 5.08. The molecule has 1 saturated carbocycles. The SMILES string of the molecule is Cl.O=S(=O)(NC1CCCC1)C1CCNC1. The Kier molecular flexibility index (Phi) is 4.83. The minimum Gasteiger partial charge on any atom is -0.315 e. The average Bonchev–Trinajstić information content (AvgIpc) is 2.71. The highest BCUT2D eigenvalue weighted by molar-refractivity contribution is 7.90. The van der Waals surface area contributed by atoms with Crippen molar-refractivity contribution in [1.82, 2.24) is 10.0 Å². The maximum atomic E-state index is 11.8. The number of rotatable bonds is 3. The van der Waals surface area contributed by atoms with E-state index in [1.165, 1.54) is 0 Å². The van der Waals surface area contributed by atoms with Crippen LogP contribution >= 0.6 is 12.4 Å². The lowest BCUT2D eigenvalue weighted by molar-refractivity contribution is 0.540. The van der Waals surface area contributed by atoms with E-state index in [0.717, 1.165) is 38.6 Å². The summed E-state index contributed by atoms with van der Waals surface area (Å²) in [7, 11) is -3.06. The van der Waals surface area contributed by atoms with Crippen LogP contribution in [-0.2, 0) is 10.0 Å². The molecule has 2 fully saturated rings. The van der Waals surface area contributed by atoms with Crippen LogP contribution in [0.1, 0.15) is 32.1 Å². The molecule has 0 radical (unpaired) electrons. The number of hydrogen-bond acceptors (Lipinski definition) is 3. The van der Waals surface area contributed by atoms with Crippen molar-refractivity contribution in [3.63, 3.8) is 0 Å². The van der Waals surface area contributed by atoms with Crippen molar-refractivity contribution in [1.29, 1.82) is 0 Å². The Labute approximate surface area is 97.7 Å². The van der Waals surface area contributed by atoms with Gasteiger partial charge in [-0.15, -0.1) is 12.4 Å². The Morgan fingerprint density at radius 1 is 1.13 bits per heavy atom. The molecule has 15 heavy (non-hydrogen) atoms. The van der Waals surface area contributed by atoms with Crippen LogP contribution in [0.5, 0.6) is 0 Å². The normalized spacial score (nSPS) is 27.9. The lowest BCUT2D eigenvalue weighted by Gasteiger charge is -2.16. The molecule has 0 amide bonds. The summed E-state index contributed by atoms with van der Waals surface area (Å²) in [6.07, 6.45) is 5.10. The zero-order chi connectivity index (χ0) is 10.0. The molecular weight excluding hydrogens is 236 g/mol. The van der Waals surface area contributed by atoms with Gasteiger partial charge in [0.15, 0.2) is 0 Å². The van der Waals surface area contributed by atoms with Crippen molar-refractivity contribution >= 4 is 22.4 Å².